The van der Waals surface area contributed by atoms with Crippen LogP contribution in [0.2, 0.25) is 0 Å². The van der Waals surface area contributed by atoms with Crippen molar-refractivity contribution in [1.82, 2.24) is 10.2 Å². The maximum Gasteiger partial charge on any atom is 0.417 e. The molecule has 0 radical (unpaired) electrons. The minimum Gasteiger partial charge on any atom is -0.301 e. The summed E-state index contributed by atoms with van der Waals surface area (Å²) in [7, 11) is 0. The smallest absolute Gasteiger partial charge is 0.301 e. The van der Waals surface area contributed by atoms with Crippen LogP contribution in [0, 0.1) is 0 Å². The Balaban J connectivity index is 2.42. The highest BCUT2D eigenvalue weighted by Crippen LogP contribution is 2.38. The highest BCUT2D eigenvalue weighted by atomic mass is 32.1. The molecule has 1 heterocycles. The summed E-state index contributed by atoms with van der Waals surface area (Å²) in [6, 6.07) is 5.10. The molecule has 1 aromatic carbocycles. The predicted molar refractivity (Wildman–Crippen MR) is 64.7 cm³/mol. The van der Waals surface area contributed by atoms with Crippen molar-refractivity contribution >= 4 is 22.4 Å². The van der Waals surface area contributed by atoms with E-state index in [9.17, 15) is 18.0 Å². The minimum atomic E-state index is -4.46. The second-order valence-corrected chi connectivity index (χ2v) is 4.61. The van der Waals surface area contributed by atoms with Crippen LogP contribution < -0.4 is 5.32 Å². The van der Waals surface area contributed by atoms with E-state index in [0.29, 0.717) is 0 Å². The first kappa shape index (κ1) is 13.5. The third-order valence-electron chi connectivity index (χ3n) is 2.17. The Morgan fingerprint density at radius 3 is 2.58 bits per heavy atom. The lowest BCUT2D eigenvalue weighted by Crippen LogP contribution is -2.06. The van der Waals surface area contributed by atoms with Crippen LogP contribution in [0.1, 0.15) is 12.5 Å². The van der Waals surface area contributed by atoms with Crippen molar-refractivity contribution in [3.05, 3.63) is 29.8 Å². The Morgan fingerprint density at radius 1 is 1.26 bits per heavy atom. The van der Waals surface area contributed by atoms with E-state index >= 15 is 0 Å². The first-order valence-corrected chi connectivity index (χ1v) is 5.97. The molecule has 100 valence electrons. The Morgan fingerprint density at radius 2 is 1.95 bits per heavy atom. The number of benzene rings is 1. The number of hydrogen-bond acceptors (Lipinski definition) is 4. The number of aromatic nitrogens is 2. The van der Waals surface area contributed by atoms with E-state index < -0.39 is 11.7 Å². The molecule has 0 saturated carbocycles. The molecule has 0 spiro atoms. The molecule has 0 aliphatic heterocycles. The van der Waals surface area contributed by atoms with Crippen molar-refractivity contribution in [2.75, 3.05) is 5.32 Å². The van der Waals surface area contributed by atoms with E-state index in [2.05, 4.69) is 15.5 Å². The summed E-state index contributed by atoms with van der Waals surface area (Å²) in [6.45, 7) is 1.28. The van der Waals surface area contributed by atoms with Gasteiger partial charge in [-0.2, -0.15) is 13.2 Å². The van der Waals surface area contributed by atoms with Crippen molar-refractivity contribution < 1.29 is 18.0 Å². The molecule has 2 aromatic rings. The number of amides is 1. The molecule has 0 fully saturated rings. The predicted octanol–water partition coefficient (Wildman–Crippen LogP) is 3.18. The molecule has 0 aliphatic carbocycles. The molecule has 0 saturated heterocycles. The van der Waals surface area contributed by atoms with Gasteiger partial charge in [-0.15, -0.1) is 10.2 Å². The maximum atomic E-state index is 12.8. The zero-order chi connectivity index (χ0) is 14.0. The zero-order valence-corrected chi connectivity index (χ0v) is 10.5. The van der Waals surface area contributed by atoms with Gasteiger partial charge in [0.15, 0.2) is 0 Å². The van der Waals surface area contributed by atoms with Crippen molar-refractivity contribution in [2.45, 2.75) is 13.1 Å². The number of halogens is 3. The number of nitrogens with one attached hydrogen (secondary N) is 1. The van der Waals surface area contributed by atoms with E-state index in [-0.39, 0.29) is 21.6 Å². The highest BCUT2D eigenvalue weighted by Gasteiger charge is 2.34. The number of carbonyl (C=O) groups excluding carboxylic acids is 1. The summed E-state index contributed by atoms with van der Waals surface area (Å²) < 4.78 is 38.5. The molecule has 0 bridgehead atoms. The minimum absolute atomic E-state index is 0.0518. The molecule has 1 N–H and O–H groups in total. The van der Waals surface area contributed by atoms with Crippen LogP contribution in [0.4, 0.5) is 18.3 Å². The fourth-order valence-corrected chi connectivity index (χ4v) is 2.28. The molecule has 2 rings (SSSR count). The van der Waals surface area contributed by atoms with Crippen molar-refractivity contribution in [3.8, 4) is 10.6 Å². The topological polar surface area (TPSA) is 54.9 Å². The average molecular weight is 287 g/mol. The average Bonchev–Trinajstić information content (AvgIpc) is 2.75. The number of carbonyl (C=O) groups is 1. The molecule has 19 heavy (non-hydrogen) atoms. The van der Waals surface area contributed by atoms with Crippen LogP contribution in [0.5, 0.6) is 0 Å². The summed E-state index contributed by atoms with van der Waals surface area (Å²) >= 11 is 0.890. The first-order chi connectivity index (χ1) is 8.88. The Bertz CT molecular complexity index is 609. The molecule has 1 amide bonds. The molecule has 0 aliphatic rings. The standard InChI is InChI=1S/C11H8F3N3OS/c1-6(18)15-10-17-16-9(19-10)7-4-2-3-5-8(7)11(12,13)14/h2-5H,1H3,(H,15,17,18). The summed E-state index contributed by atoms with van der Waals surface area (Å²) in [5, 5.41) is 9.94. The third kappa shape index (κ3) is 3.08. The lowest BCUT2D eigenvalue weighted by Gasteiger charge is -2.09. The van der Waals surface area contributed by atoms with E-state index in [1.54, 1.807) is 0 Å². The molecule has 0 unspecified atom stereocenters. The second kappa shape index (κ2) is 4.96. The lowest BCUT2D eigenvalue weighted by atomic mass is 10.1. The van der Waals surface area contributed by atoms with Crippen LogP contribution >= 0.6 is 11.3 Å². The van der Waals surface area contributed by atoms with Gasteiger partial charge >= 0.3 is 6.18 Å². The summed E-state index contributed by atoms with van der Waals surface area (Å²) in [4.78, 5) is 10.8. The van der Waals surface area contributed by atoms with E-state index in [1.807, 2.05) is 0 Å². The van der Waals surface area contributed by atoms with Gasteiger partial charge in [0.25, 0.3) is 0 Å². The van der Waals surface area contributed by atoms with Crippen LogP contribution in [0.15, 0.2) is 24.3 Å². The molecule has 0 atom stereocenters. The fourth-order valence-electron chi connectivity index (χ4n) is 1.45. The molecule has 8 heteroatoms. The van der Waals surface area contributed by atoms with Gasteiger partial charge in [0.1, 0.15) is 5.01 Å². The summed E-state index contributed by atoms with van der Waals surface area (Å²) in [5.41, 5.74) is -0.829. The number of alkyl halides is 3. The number of hydrogen-bond donors (Lipinski definition) is 1. The third-order valence-corrected chi connectivity index (χ3v) is 3.04. The van der Waals surface area contributed by atoms with Gasteiger partial charge in [-0.05, 0) is 6.07 Å². The van der Waals surface area contributed by atoms with Gasteiger partial charge in [0, 0.05) is 12.5 Å². The Hall–Kier alpha value is -1.96. The van der Waals surface area contributed by atoms with Crippen LogP contribution in [-0.2, 0) is 11.0 Å². The summed E-state index contributed by atoms with van der Waals surface area (Å²) in [6.07, 6.45) is -4.46. The molecular weight excluding hydrogens is 279 g/mol. The van der Waals surface area contributed by atoms with E-state index in [0.717, 1.165) is 17.4 Å². The first-order valence-electron chi connectivity index (χ1n) is 5.15. The lowest BCUT2D eigenvalue weighted by molar-refractivity contribution is -0.137. The van der Waals surface area contributed by atoms with Crippen LogP contribution in [0.25, 0.3) is 10.6 Å². The molecular formula is C11H8F3N3OS. The second-order valence-electron chi connectivity index (χ2n) is 3.64. The number of rotatable bonds is 2. The quantitative estimate of drug-likeness (QED) is 0.923. The van der Waals surface area contributed by atoms with Crippen LogP contribution in [-0.4, -0.2) is 16.1 Å². The summed E-state index contributed by atoms with van der Waals surface area (Å²) in [5.74, 6) is -0.355. The van der Waals surface area contributed by atoms with Gasteiger partial charge in [-0.3, -0.25) is 4.79 Å². The van der Waals surface area contributed by atoms with Gasteiger partial charge in [0.05, 0.1) is 5.56 Å². The van der Waals surface area contributed by atoms with Crippen molar-refractivity contribution in [1.29, 1.82) is 0 Å². The van der Waals surface area contributed by atoms with Gasteiger partial charge < -0.3 is 5.32 Å². The molecule has 4 nitrogen and oxygen atoms in total. The fraction of sp³-hybridized carbons (Fsp3) is 0.182. The van der Waals surface area contributed by atoms with E-state index in [1.165, 1.54) is 25.1 Å². The Labute approximate surface area is 110 Å². The van der Waals surface area contributed by atoms with E-state index in [4.69, 9.17) is 0 Å². The normalized spacial score (nSPS) is 11.4. The van der Waals surface area contributed by atoms with Gasteiger partial charge in [-0.1, -0.05) is 29.5 Å². The van der Waals surface area contributed by atoms with Crippen LogP contribution in [0.3, 0.4) is 0 Å². The number of anilines is 1. The maximum absolute atomic E-state index is 12.8. The van der Waals surface area contributed by atoms with Gasteiger partial charge in [-0.25, -0.2) is 0 Å². The molecule has 1 aromatic heterocycles. The largest absolute Gasteiger partial charge is 0.417 e. The monoisotopic (exact) mass is 287 g/mol. The SMILES string of the molecule is CC(=O)Nc1nnc(-c2ccccc2C(F)(F)F)s1. The van der Waals surface area contributed by atoms with Crippen molar-refractivity contribution in [2.24, 2.45) is 0 Å². The van der Waals surface area contributed by atoms with Crippen molar-refractivity contribution in [3.63, 3.8) is 0 Å². The van der Waals surface area contributed by atoms with Gasteiger partial charge in [0.2, 0.25) is 11.0 Å². The number of nitrogens with zero attached hydrogens (tertiary/aromatic N) is 2. The Kier molecular flexibility index (Phi) is 3.52. The highest BCUT2D eigenvalue weighted by molar-refractivity contribution is 7.18. The zero-order valence-electron chi connectivity index (χ0n) is 9.65.